The molecule has 1 aromatic rings. The van der Waals surface area contributed by atoms with E-state index in [0.29, 0.717) is 5.78 Å². The van der Waals surface area contributed by atoms with Gasteiger partial charge in [0.15, 0.2) is 5.78 Å². The first-order chi connectivity index (χ1) is 8.79. The van der Waals surface area contributed by atoms with Gasteiger partial charge in [0, 0.05) is 11.3 Å². The molecule has 96 valence electrons. The molecule has 0 N–H and O–H groups in total. The second-order valence-electron chi connectivity index (χ2n) is 4.72. The maximum atomic E-state index is 11.7. The predicted octanol–water partition coefficient (Wildman–Crippen LogP) is 4.72. The summed E-state index contributed by atoms with van der Waals surface area (Å²) >= 11 is 1.89. The summed E-state index contributed by atoms with van der Waals surface area (Å²) in [6.07, 6.45) is 7.16. The zero-order valence-electron chi connectivity index (χ0n) is 10.9. The highest BCUT2D eigenvalue weighted by atomic mass is 32.2. The van der Waals surface area contributed by atoms with Crippen molar-refractivity contribution in [2.24, 2.45) is 0 Å². The molecule has 1 aliphatic carbocycles. The van der Waals surface area contributed by atoms with Crippen molar-refractivity contribution < 1.29 is 4.79 Å². The second kappa shape index (κ2) is 6.79. The third-order valence-electron chi connectivity index (χ3n) is 3.15. The first-order valence-corrected chi connectivity index (χ1v) is 7.75. The van der Waals surface area contributed by atoms with Crippen LogP contribution in [0.2, 0.25) is 0 Å². The number of thioether (sulfide) groups is 1. The van der Waals surface area contributed by atoms with Crippen LogP contribution in [0.5, 0.6) is 0 Å². The number of rotatable bonds is 4. The minimum atomic E-state index is 0.339. The molecule has 0 aromatic heterocycles. The van der Waals surface area contributed by atoms with E-state index in [9.17, 15) is 4.79 Å². The van der Waals surface area contributed by atoms with Crippen LogP contribution in [0.15, 0.2) is 34.7 Å². The van der Waals surface area contributed by atoms with E-state index in [-0.39, 0.29) is 0 Å². The Balaban J connectivity index is 2.05. The number of hydrogen-bond acceptors (Lipinski definition) is 2. The van der Waals surface area contributed by atoms with Crippen molar-refractivity contribution >= 4 is 23.6 Å². The molecule has 1 nitrogen and oxygen atoms in total. The quantitative estimate of drug-likeness (QED) is 0.576. The molecule has 0 heterocycles. The average molecular weight is 260 g/mol. The molecule has 0 aliphatic heterocycles. The summed E-state index contributed by atoms with van der Waals surface area (Å²) in [5.41, 5.74) is 2.16. The molecule has 1 aliphatic rings. The molecule has 1 aromatic carbocycles. The van der Waals surface area contributed by atoms with Gasteiger partial charge in [-0.3, -0.25) is 4.79 Å². The molecule has 0 spiro atoms. The predicted molar refractivity (Wildman–Crippen MR) is 78.9 cm³/mol. The Morgan fingerprint density at radius 2 is 1.89 bits per heavy atom. The van der Waals surface area contributed by atoms with E-state index in [1.165, 1.54) is 17.1 Å². The first kappa shape index (κ1) is 13.4. The molecule has 1 saturated carbocycles. The largest absolute Gasteiger partial charge is 0.295 e. The lowest BCUT2D eigenvalue weighted by molar-refractivity contribution is -0.116. The smallest absolute Gasteiger partial charge is 0.158 e. The number of benzene rings is 1. The van der Waals surface area contributed by atoms with Crippen molar-refractivity contribution in [2.75, 3.05) is 5.75 Å². The average Bonchev–Trinajstić information content (AvgIpc) is 2.41. The van der Waals surface area contributed by atoms with E-state index in [4.69, 9.17) is 0 Å². The highest BCUT2D eigenvalue weighted by molar-refractivity contribution is 7.99. The molecule has 0 unspecified atom stereocenters. The number of carbonyl (C=O) groups is 1. The van der Waals surface area contributed by atoms with E-state index in [2.05, 4.69) is 37.3 Å². The summed E-state index contributed by atoms with van der Waals surface area (Å²) in [7, 11) is 0. The zero-order valence-corrected chi connectivity index (χ0v) is 11.8. The summed E-state index contributed by atoms with van der Waals surface area (Å²) in [6.45, 7) is 2.19. The SMILES string of the molecule is CCCSc1ccc(C=C2CCCCC2=O)cc1. The first-order valence-electron chi connectivity index (χ1n) is 6.76. The number of allylic oxidation sites excluding steroid dienone is 1. The van der Waals surface area contributed by atoms with Crippen molar-refractivity contribution in [1.29, 1.82) is 0 Å². The van der Waals surface area contributed by atoms with Gasteiger partial charge in [-0.15, -0.1) is 11.8 Å². The van der Waals surface area contributed by atoms with Crippen LogP contribution in [0.3, 0.4) is 0 Å². The molecule has 2 rings (SSSR count). The van der Waals surface area contributed by atoms with Crippen LogP contribution in [0.1, 0.15) is 44.6 Å². The molecular formula is C16H20OS. The number of Topliss-reactive ketones (excluding diaryl/α,β-unsaturated/α-hetero) is 1. The van der Waals surface area contributed by atoms with E-state index < -0.39 is 0 Å². The Kier molecular flexibility index (Phi) is 5.06. The third-order valence-corrected chi connectivity index (χ3v) is 4.37. The van der Waals surface area contributed by atoms with E-state index >= 15 is 0 Å². The van der Waals surface area contributed by atoms with E-state index in [0.717, 1.165) is 36.8 Å². The Morgan fingerprint density at radius 1 is 1.17 bits per heavy atom. The van der Waals surface area contributed by atoms with Crippen LogP contribution in [0.25, 0.3) is 6.08 Å². The van der Waals surface area contributed by atoms with Gasteiger partial charge in [-0.05, 0) is 60.8 Å². The van der Waals surface area contributed by atoms with Gasteiger partial charge in [-0.2, -0.15) is 0 Å². The molecule has 0 atom stereocenters. The van der Waals surface area contributed by atoms with E-state index in [1.807, 2.05) is 11.8 Å². The maximum absolute atomic E-state index is 11.7. The summed E-state index contributed by atoms with van der Waals surface area (Å²) in [5, 5.41) is 0. The lowest BCUT2D eigenvalue weighted by atomic mass is 9.92. The van der Waals surface area contributed by atoms with Gasteiger partial charge in [-0.25, -0.2) is 0 Å². The molecule has 18 heavy (non-hydrogen) atoms. The van der Waals surface area contributed by atoms with Crippen molar-refractivity contribution in [1.82, 2.24) is 0 Å². The van der Waals surface area contributed by atoms with Gasteiger partial charge in [0.1, 0.15) is 0 Å². The molecule has 0 saturated heterocycles. The van der Waals surface area contributed by atoms with Crippen LogP contribution in [0.4, 0.5) is 0 Å². The summed E-state index contributed by atoms with van der Waals surface area (Å²) < 4.78 is 0. The Morgan fingerprint density at radius 3 is 2.56 bits per heavy atom. The molecule has 0 bridgehead atoms. The van der Waals surface area contributed by atoms with Crippen LogP contribution >= 0.6 is 11.8 Å². The summed E-state index contributed by atoms with van der Waals surface area (Å²) in [6, 6.07) is 8.54. The van der Waals surface area contributed by atoms with Crippen molar-refractivity contribution in [3.63, 3.8) is 0 Å². The van der Waals surface area contributed by atoms with Crippen LogP contribution in [0, 0.1) is 0 Å². The number of carbonyl (C=O) groups excluding carboxylic acids is 1. The fourth-order valence-corrected chi connectivity index (χ4v) is 2.90. The Hall–Kier alpha value is -1.02. The number of ketones is 1. The van der Waals surface area contributed by atoms with Crippen LogP contribution in [-0.4, -0.2) is 11.5 Å². The standard InChI is InChI=1S/C16H20OS/c1-2-11-18-15-9-7-13(8-10-15)12-14-5-3-4-6-16(14)17/h7-10,12H,2-6,11H2,1H3. The summed E-state index contributed by atoms with van der Waals surface area (Å²) in [4.78, 5) is 13.0. The molecular weight excluding hydrogens is 240 g/mol. The second-order valence-corrected chi connectivity index (χ2v) is 5.89. The zero-order chi connectivity index (χ0) is 12.8. The van der Waals surface area contributed by atoms with Crippen molar-refractivity contribution in [2.45, 2.75) is 43.9 Å². The lowest BCUT2D eigenvalue weighted by Crippen LogP contribution is -2.07. The summed E-state index contributed by atoms with van der Waals surface area (Å²) in [5.74, 6) is 1.50. The minimum Gasteiger partial charge on any atom is -0.295 e. The van der Waals surface area contributed by atoms with Crippen LogP contribution in [-0.2, 0) is 4.79 Å². The normalized spacial score (nSPS) is 18.3. The highest BCUT2D eigenvalue weighted by Gasteiger charge is 2.14. The molecule has 0 amide bonds. The monoisotopic (exact) mass is 260 g/mol. The minimum absolute atomic E-state index is 0.339. The van der Waals surface area contributed by atoms with E-state index in [1.54, 1.807) is 0 Å². The van der Waals surface area contributed by atoms with Gasteiger partial charge >= 0.3 is 0 Å². The third kappa shape index (κ3) is 3.74. The van der Waals surface area contributed by atoms with Crippen molar-refractivity contribution in [3.8, 4) is 0 Å². The molecule has 1 fully saturated rings. The number of hydrogen-bond donors (Lipinski definition) is 0. The lowest BCUT2D eigenvalue weighted by Gasteiger charge is -2.12. The van der Waals surface area contributed by atoms with Crippen molar-refractivity contribution in [3.05, 3.63) is 35.4 Å². The van der Waals surface area contributed by atoms with Gasteiger partial charge in [0.2, 0.25) is 0 Å². The van der Waals surface area contributed by atoms with Gasteiger partial charge < -0.3 is 0 Å². The van der Waals surface area contributed by atoms with Crippen LogP contribution < -0.4 is 0 Å². The van der Waals surface area contributed by atoms with Gasteiger partial charge in [0.05, 0.1) is 0 Å². The Labute approximate surface area is 114 Å². The molecule has 2 heteroatoms. The Bertz CT molecular complexity index is 431. The van der Waals surface area contributed by atoms with Gasteiger partial charge in [-0.1, -0.05) is 19.1 Å². The fourth-order valence-electron chi connectivity index (χ4n) is 2.14. The van der Waals surface area contributed by atoms with Gasteiger partial charge in [0.25, 0.3) is 0 Å². The highest BCUT2D eigenvalue weighted by Crippen LogP contribution is 2.24. The molecule has 0 radical (unpaired) electrons. The fraction of sp³-hybridized carbons (Fsp3) is 0.438. The topological polar surface area (TPSA) is 17.1 Å². The maximum Gasteiger partial charge on any atom is 0.158 e.